The smallest absolute Gasteiger partial charge is 0.308 e. The van der Waals surface area contributed by atoms with Crippen LogP contribution in [0.1, 0.15) is 23.2 Å². The van der Waals surface area contributed by atoms with Crippen LogP contribution in [-0.4, -0.2) is 35.0 Å². The molecule has 19 heavy (non-hydrogen) atoms. The molecule has 5 nitrogen and oxygen atoms in total. The number of nitrogen functional groups attached to an aromatic ring is 1. The van der Waals surface area contributed by atoms with Crippen molar-refractivity contribution in [2.75, 3.05) is 18.8 Å². The molecule has 0 bridgehead atoms. The molecule has 2 rings (SSSR count). The van der Waals surface area contributed by atoms with E-state index in [4.69, 9.17) is 10.8 Å². The van der Waals surface area contributed by atoms with Crippen LogP contribution in [0, 0.1) is 5.92 Å². The number of hydrogen-bond acceptors (Lipinski definition) is 3. The van der Waals surface area contributed by atoms with Crippen molar-refractivity contribution in [3.8, 4) is 0 Å². The number of benzene rings is 1. The molecule has 0 saturated carbocycles. The topological polar surface area (TPSA) is 83.6 Å². The Bertz CT molecular complexity index is 519. The molecule has 1 heterocycles. The van der Waals surface area contributed by atoms with Gasteiger partial charge in [-0.2, -0.15) is 0 Å². The number of rotatable bonds is 2. The summed E-state index contributed by atoms with van der Waals surface area (Å²) in [6.07, 6.45) is 1.34. The van der Waals surface area contributed by atoms with E-state index in [0.717, 1.165) is 4.47 Å². The first-order chi connectivity index (χ1) is 8.99. The average Bonchev–Trinajstić information content (AvgIpc) is 2.41. The number of nitrogens with two attached hydrogens (primary N) is 1. The predicted octanol–water partition coefficient (Wildman–Crippen LogP) is 1.97. The summed E-state index contributed by atoms with van der Waals surface area (Å²) in [5, 5.41) is 9.02. The highest BCUT2D eigenvalue weighted by molar-refractivity contribution is 9.10. The highest BCUT2D eigenvalue weighted by atomic mass is 79.9. The van der Waals surface area contributed by atoms with Crippen molar-refractivity contribution in [3.63, 3.8) is 0 Å². The van der Waals surface area contributed by atoms with E-state index in [0.29, 0.717) is 30.6 Å². The van der Waals surface area contributed by atoms with Crippen LogP contribution < -0.4 is 5.73 Å². The van der Waals surface area contributed by atoms with Crippen LogP contribution in [0.3, 0.4) is 0 Å². The number of anilines is 1. The lowest BCUT2D eigenvalue weighted by molar-refractivity contribution is -0.143. The number of likely N-dealkylation sites (tertiary alicyclic amines) is 1. The molecule has 0 radical (unpaired) electrons. The van der Waals surface area contributed by atoms with E-state index in [9.17, 15) is 9.59 Å². The lowest BCUT2D eigenvalue weighted by atomic mass is 9.97. The number of carbonyl (C=O) groups is 2. The summed E-state index contributed by atoms with van der Waals surface area (Å²) >= 11 is 3.28. The van der Waals surface area contributed by atoms with Gasteiger partial charge in [0.2, 0.25) is 0 Å². The Morgan fingerprint density at radius 1 is 1.42 bits per heavy atom. The average molecular weight is 327 g/mol. The van der Waals surface area contributed by atoms with Gasteiger partial charge in [0.1, 0.15) is 0 Å². The molecule has 1 aromatic carbocycles. The van der Waals surface area contributed by atoms with Crippen LogP contribution in [-0.2, 0) is 4.79 Å². The molecule has 0 aromatic heterocycles. The van der Waals surface area contributed by atoms with Crippen molar-refractivity contribution in [1.29, 1.82) is 0 Å². The zero-order valence-corrected chi connectivity index (χ0v) is 11.9. The van der Waals surface area contributed by atoms with Gasteiger partial charge in [-0.3, -0.25) is 9.59 Å². The van der Waals surface area contributed by atoms with Crippen molar-refractivity contribution in [2.24, 2.45) is 5.92 Å². The van der Waals surface area contributed by atoms with Gasteiger partial charge in [0.05, 0.1) is 5.92 Å². The second-order valence-corrected chi connectivity index (χ2v) is 5.52. The first-order valence-corrected chi connectivity index (χ1v) is 6.85. The number of hydrogen-bond donors (Lipinski definition) is 2. The molecular weight excluding hydrogens is 312 g/mol. The SMILES string of the molecule is Nc1cc(C(=O)N2CCC[C@H](C(=O)O)C2)ccc1Br. The monoisotopic (exact) mass is 326 g/mol. The third kappa shape index (κ3) is 3.07. The molecule has 0 unspecified atom stereocenters. The molecule has 1 fully saturated rings. The predicted molar refractivity (Wildman–Crippen MR) is 74.8 cm³/mol. The highest BCUT2D eigenvalue weighted by Gasteiger charge is 2.28. The molecule has 1 aromatic rings. The molecule has 1 atom stereocenters. The van der Waals surface area contributed by atoms with Crippen LogP contribution in [0.4, 0.5) is 5.69 Å². The number of piperidine rings is 1. The van der Waals surface area contributed by atoms with Gasteiger partial charge in [-0.1, -0.05) is 0 Å². The molecule has 1 aliphatic heterocycles. The number of carboxylic acid groups (broad SMARTS) is 1. The lowest BCUT2D eigenvalue weighted by Crippen LogP contribution is -2.42. The first-order valence-electron chi connectivity index (χ1n) is 6.06. The number of aliphatic carboxylic acids is 1. The molecular formula is C13H15BrN2O3. The van der Waals surface area contributed by atoms with Gasteiger partial charge in [0, 0.05) is 28.8 Å². The van der Waals surface area contributed by atoms with Gasteiger partial charge in [-0.05, 0) is 47.0 Å². The third-order valence-electron chi connectivity index (χ3n) is 3.30. The zero-order valence-electron chi connectivity index (χ0n) is 10.3. The fourth-order valence-corrected chi connectivity index (χ4v) is 2.47. The molecule has 0 aliphatic carbocycles. The maximum absolute atomic E-state index is 12.3. The normalized spacial score (nSPS) is 19.2. The molecule has 0 spiro atoms. The van der Waals surface area contributed by atoms with Crippen molar-refractivity contribution < 1.29 is 14.7 Å². The Kier molecular flexibility index (Phi) is 4.09. The van der Waals surface area contributed by atoms with Gasteiger partial charge in [-0.15, -0.1) is 0 Å². The second-order valence-electron chi connectivity index (χ2n) is 4.66. The Labute approximate surface area is 119 Å². The number of carbonyl (C=O) groups excluding carboxylic acids is 1. The fraction of sp³-hybridized carbons (Fsp3) is 0.385. The lowest BCUT2D eigenvalue weighted by Gasteiger charge is -2.30. The Balaban J connectivity index is 2.14. The molecule has 6 heteroatoms. The van der Waals surface area contributed by atoms with Crippen molar-refractivity contribution in [1.82, 2.24) is 4.90 Å². The van der Waals surface area contributed by atoms with Gasteiger partial charge < -0.3 is 15.7 Å². The van der Waals surface area contributed by atoms with Crippen LogP contribution in [0.5, 0.6) is 0 Å². The van der Waals surface area contributed by atoms with E-state index >= 15 is 0 Å². The van der Waals surface area contributed by atoms with Crippen LogP contribution in [0.2, 0.25) is 0 Å². The summed E-state index contributed by atoms with van der Waals surface area (Å²) < 4.78 is 0.742. The van der Waals surface area contributed by atoms with E-state index in [1.54, 1.807) is 23.1 Å². The Morgan fingerprint density at radius 3 is 2.79 bits per heavy atom. The Morgan fingerprint density at radius 2 is 2.16 bits per heavy atom. The summed E-state index contributed by atoms with van der Waals surface area (Å²) in [5.41, 5.74) is 6.74. The van der Waals surface area contributed by atoms with Gasteiger partial charge in [0.25, 0.3) is 5.91 Å². The minimum atomic E-state index is -0.840. The molecule has 1 aliphatic rings. The summed E-state index contributed by atoms with van der Waals surface area (Å²) in [6.45, 7) is 0.864. The number of carboxylic acids is 1. The number of amides is 1. The summed E-state index contributed by atoms with van der Waals surface area (Å²) in [4.78, 5) is 24.9. The minimum absolute atomic E-state index is 0.162. The molecule has 1 saturated heterocycles. The van der Waals surface area contributed by atoms with Crippen LogP contribution in [0.25, 0.3) is 0 Å². The van der Waals surface area contributed by atoms with Gasteiger partial charge in [0.15, 0.2) is 0 Å². The van der Waals surface area contributed by atoms with Gasteiger partial charge >= 0.3 is 5.97 Å². The third-order valence-corrected chi connectivity index (χ3v) is 4.02. The summed E-state index contributed by atoms with van der Waals surface area (Å²) in [5.74, 6) is -1.47. The summed E-state index contributed by atoms with van der Waals surface area (Å²) in [6, 6.07) is 5.02. The molecule has 1 amide bonds. The molecule has 102 valence electrons. The quantitative estimate of drug-likeness (QED) is 0.814. The van der Waals surface area contributed by atoms with E-state index in [-0.39, 0.29) is 12.5 Å². The fourth-order valence-electron chi connectivity index (χ4n) is 2.22. The van der Waals surface area contributed by atoms with E-state index in [2.05, 4.69) is 15.9 Å². The zero-order chi connectivity index (χ0) is 14.0. The summed E-state index contributed by atoms with van der Waals surface area (Å²) in [7, 11) is 0. The van der Waals surface area contributed by atoms with Crippen molar-refractivity contribution >= 4 is 33.5 Å². The molecule has 3 N–H and O–H groups in total. The van der Waals surface area contributed by atoms with Crippen LogP contribution in [0.15, 0.2) is 22.7 Å². The minimum Gasteiger partial charge on any atom is -0.481 e. The van der Waals surface area contributed by atoms with E-state index in [1.807, 2.05) is 0 Å². The standard InChI is InChI=1S/C13H15BrN2O3/c14-10-4-3-8(6-11(10)15)12(17)16-5-1-2-9(7-16)13(18)19/h3-4,6,9H,1-2,5,7,15H2,(H,18,19)/t9-/m0/s1. The number of halogens is 1. The maximum atomic E-state index is 12.3. The maximum Gasteiger partial charge on any atom is 0.308 e. The van der Waals surface area contributed by atoms with Crippen LogP contribution >= 0.6 is 15.9 Å². The second kappa shape index (κ2) is 5.61. The van der Waals surface area contributed by atoms with Crippen molar-refractivity contribution in [3.05, 3.63) is 28.2 Å². The van der Waals surface area contributed by atoms with Crippen molar-refractivity contribution in [2.45, 2.75) is 12.8 Å². The highest BCUT2D eigenvalue weighted by Crippen LogP contribution is 2.23. The first kappa shape index (κ1) is 13.9. The number of nitrogens with zero attached hydrogens (tertiary/aromatic N) is 1. The van der Waals surface area contributed by atoms with E-state index in [1.165, 1.54) is 0 Å². The largest absolute Gasteiger partial charge is 0.481 e. The van der Waals surface area contributed by atoms with E-state index < -0.39 is 11.9 Å². The Hall–Kier alpha value is -1.56. The van der Waals surface area contributed by atoms with Gasteiger partial charge in [-0.25, -0.2) is 0 Å².